The summed E-state index contributed by atoms with van der Waals surface area (Å²) < 4.78 is 0. The van der Waals surface area contributed by atoms with Crippen LogP contribution in [0.15, 0.2) is 35.7 Å². The van der Waals surface area contributed by atoms with Crippen molar-refractivity contribution in [1.29, 1.82) is 0 Å². The van der Waals surface area contributed by atoms with E-state index in [2.05, 4.69) is 10.6 Å². The summed E-state index contributed by atoms with van der Waals surface area (Å²) in [7, 11) is 0. The molecule has 28 heavy (non-hydrogen) atoms. The first-order chi connectivity index (χ1) is 13.4. The maximum absolute atomic E-state index is 12.3. The number of fused-ring (bicyclic) bond motifs is 1. The Bertz CT molecular complexity index is 972. The van der Waals surface area contributed by atoms with Gasteiger partial charge in [-0.25, -0.2) is 0 Å². The Balaban J connectivity index is 1.51. The van der Waals surface area contributed by atoms with Crippen molar-refractivity contribution in [3.8, 4) is 0 Å². The second kappa shape index (κ2) is 7.96. The van der Waals surface area contributed by atoms with Crippen LogP contribution in [0.4, 0.5) is 5.69 Å². The molecule has 2 aromatic rings. The molecule has 0 radical (unpaired) electrons. The third-order valence-electron chi connectivity index (χ3n) is 3.94. The highest BCUT2D eigenvalue weighted by atomic mass is 32.1. The molecule has 144 valence electrons. The number of nitrogens with zero attached hydrogens (tertiary/aromatic N) is 2. The molecule has 0 spiro atoms. The van der Waals surface area contributed by atoms with E-state index >= 15 is 0 Å². The number of nitro groups is 1. The number of carbonyl (C=O) groups excluding carboxylic acids is 4. The molecule has 2 N–H and O–H groups in total. The van der Waals surface area contributed by atoms with Gasteiger partial charge in [0.25, 0.3) is 23.4 Å². The van der Waals surface area contributed by atoms with Crippen LogP contribution in [0.25, 0.3) is 0 Å². The van der Waals surface area contributed by atoms with Gasteiger partial charge in [0.15, 0.2) is 0 Å². The van der Waals surface area contributed by atoms with E-state index in [-0.39, 0.29) is 35.8 Å². The summed E-state index contributed by atoms with van der Waals surface area (Å²) in [5.74, 6) is -2.29. The van der Waals surface area contributed by atoms with E-state index in [1.165, 1.54) is 17.4 Å². The normalized spacial score (nSPS) is 12.6. The number of benzene rings is 1. The highest BCUT2D eigenvalue weighted by Crippen LogP contribution is 2.26. The summed E-state index contributed by atoms with van der Waals surface area (Å²) in [4.78, 5) is 59.8. The second-order valence-corrected chi connectivity index (χ2v) is 6.71. The first-order valence-electron chi connectivity index (χ1n) is 8.11. The molecule has 2 heterocycles. The van der Waals surface area contributed by atoms with Crippen LogP contribution in [0.3, 0.4) is 0 Å². The number of nitro benzene ring substituents is 1. The summed E-state index contributed by atoms with van der Waals surface area (Å²) in [5.41, 5.74) is -0.394. The van der Waals surface area contributed by atoms with E-state index in [0.29, 0.717) is 4.88 Å². The monoisotopic (exact) mass is 402 g/mol. The van der Waals surface area contributed by atoms with Gasteiger partial charge in [0.1, 0.15) is 6.54 Å². The number of hydrogen-bond donors (Lipinski definition) is 2. The molecule has 1 aromatic heterocycles. The minimum absolute atomic E-state index is 0.0200. The molecule has 10 nitrogen and oxygen atoms in total. The van der Waals surface area contributed by atoms with Crippen molar-refractivity contribution in [2.45, 2.75) is 0 Å². The first-order valence-corrected chi connectivity index (χ1v) is 8.99. The number of imide groups is 1. The Kier molecular flexibility index (Phi) is 5.45. The summed E-state index contributed by atoms with van der Waals surface area (Å²) in [6.07, 6.45) is 0. The lowest BCUT2D eigenvalue weighted by atomic mass is 10.1. The Labute approximate surface area is 162 Å². The summed E-state index contributed by atoms with van der Waals surface area (Å²) in [6, 6.07) is 6.77. The zero-order valence-corrected chi connectivity index (χ0v) is 15.2. The number of non-ortho nitro benzene ring substituents is 1. The molecule has 0 unspecified atom stereocenters. The van der Waals surface area contributed by atoms with Gasteiger partial charge in [-0.2, -0.15) is 0 Å². The number of nitrogens with one attached hydrogen (secondary N) is 2. The predicted molar refractivity (Wildman–Crippen MR) is 98.1 cm³/mol. The van der Waals surface area contributed by atoms with Gasteiger partial charge in [-0.1, -0.05) is 6.07 Å². The van der Waals surface area contributed by atoms with Gasteiger partial charge >= 0.3 is 0 Å². The van der Waals surface area contributed by atoms with E-state index in [1.54, 1.807) is 17.5 Å². The topological polar surface area (TPSA) is 139 Å². The zero-order chi connectivity index (χ0) is 20.3. The summed E-state index contributed by atoms with van der Waals surface area (Å²) in [5, 5.41) is 17.7. The second-order valence-electron chi connectivity index (χ2n) is 5.77. The van der Waals surface area contributed by atoms with Gasteiger partial charge in [0, 0.05) is 25.2 Å². The van der Waals surface area contributed by atoms with Crippen LogP contribution >= 0.6 is 11.3 Å². The Hall–Kier alpha value is -3.60. The Morgan fingerprint density at radius 2 is 1.79 bits per heavy atom. The third-order valence-corrected chi connectivity index (χ3v) is 4.81. The van der Waals surface area contributed by atoms with Crippen LogP contribution in [0.5, 0.6) is 0 Å². The summed E-state index contributed by atoms with van der Waals surface area (Å²) in [6.45, 7) is -0.222. The van der Waals surface area contributed by atoms with Crippen molar-refractivity contribution in [3.63, 3.8) is 0 Å². The largest absolute Gasteiger partial charge is 0.353 e. The number of amides is 4. The molecule has 11 heteroatoms. The molecule has 1 aromatic carbocycles. The number of rotatable bonds is 7. The fourth-order valence-electron chi connectivity index (χ4n) is 2.61. The molecule has 0 saturated heterocycles. The molecule has 1 aliphatic heterocycles. The fraction of sp³-hybridized carbons (Fsp3) is 0.176. The number of hydrogen-bond acceptors (Lipinski definition) is 7. The Morgan fingerprint density at radius 1 is 1.07 bits per heavy atom. The lowest BCUT2D eigenvalue weighted by Crippen LogP contribution is -2.42. The minimum atomic E-state index is -0.759. The molecule has 1 aliphatic rings. The van der Waals surface area contributed by atoms with Crippen molar-refractivity contribution >= 4 is 40.7 Å². The van der Waals surface area contributed by atoms with Gasteiger partial charge in [-0.15, -0.1) is 11.3 Å². The van der Waals surface area contributed by atoms with Gasteiger partial charge < -0.3 is 10.6 Å². The van der Waals surface area contributed by atoms with Crippen LogP contribution < -0.4 is 10.6 Å². The predicted octanol–water partition coefficient (Wildman–Crippen LogP) is 0.798. The zero-order valence-electron chi connectivity index (χ0n) is 14.3. The van der Waals surface area contributed by atoms with Crippen LogP contribution in [0, 0.1) is 10.1 Å². The molecular weight excluding hydrogens is 388 g/mol. The highest BCUT2D eigenvalue weighted by molar-refractivity contribution is 7.12. The maximum atomic E-state index is 12.3. The molecule has 0 atom stereocenters. The van der Waals surface area contributed by atoms with Gasteiger partial charge in [-0.05, 0) is 17.5 Å². The average Bonchev–Trinajstić information content (AvgIpc) is 3.29. The molecular formula is C17H14N4O6S. The first kappa shape index (κ1) is 19.2. The summed E-state index contributed by atoms with van der Waals surface area (Å²) >= 11 is 1.29. The minimum Gasteiger partial charge on any atom is -0.353 e. The van der Waals surface area contributed by atoms with Crippen molar-refractivity contribution in [3.05, 3.63) is 61.8 Å². The van der Waals surface area contributed by atoms with E-state index in [4.69, 9.17) is 0 Å². The quantitative estimate of drug-likeness (QED) is 0.304. The molecule has 0 saturated carbocycles. The van der Waals surface area contributed by atoms with Crippen LogP contribution in [0.1, 0.15) is 30.4 Å². The van der Waals surface area contributed by atoms with Crippen molar-refractivity contribution in [1.82, 2.24) is 15.5 Å². The molecule has 3 rings (SSSR count). The number of carbonyl (C=O) groups is 4. The van der Waals surface area contributed by atoms with Crippen molar-refractivity contribution in [2.24, 2.45) is 0 Å². The van der Waals surface area contributed by atoms with Gasteiger partial charge in [-0.3, -0.25) is 34.2 Å². The molecule has 0 aliphatic carbocycles. The molecule has 0 bridgehead atoms. The average molecular weight is 402 g/mol. The standard InChI is InChI=1S/C17H14N4O6S/c22-14(18-5-6-19-15(23)13-2-1-7-28-13)9-20-16(24)11-4-3-10(21(26)27)8-12(11)17(20)25/h1-4,7-8H,5-6,9H2,(H,18,22)(H,19,23). The van der Waals surface area contributed by atoms with Gasteiger partial charge in [0.2, 0.25) is 5.91 Å². The van der Waals surface area contributed by atoms with Crippen molar-refractivity contribution < 1.29 is 24.1 Å². The Morgan fingerprint density at radius 3 is 2.46 bits per heavy atom. The number of thiophene rings is 1. The van der Waals surface area contributed by atoms with Gasteiger partial charge in [0.05, 0.1) is 20.9 Å². The van der Waals surface area contributed by atoms with E-state index in [1.807, 2.05) is 0 Å². The third kappa shape index (κ3) is 3.88. The molecule has 0 fully saturated rings. The van der Waals surface area contributed by atoms with Crippen molar-refractivity contribution in [2.75, 3.05) is 19.6 Å². The SMILES string of the molecule is O=C(CN1C(=O)c2ccc([N+](=O)[O-])cc2C1=O)NCCNC(=O)c1cccs1. The lowest BCUT2D eigenvalue weighted by Gasteiger charge is -2.13. The van der Waals surface area contributed by atoms with Crippen LogP contribution in [-0.2, 0) is 4.79 Å². The van der Waals surface area contributed by atoms with Crippen LogP contribution in [0.2, 0.25) is 0 Å². The van der Waals surface area contributed by atoms with E-state index in [9.17, 15) is 29.3 Å². The molecule has 4 amide bonds. The highest BCUT2D eigenvalue weighted by Gasteiger charge is 2.37. The lowest BCUT2D eigenvalue weighted by molar-refractivity contribution is -0.384. The maximum Gasteiger partial charge on any atom is 0.270 e. The fourth-order valence-corrected chi connectivity index (χ4v) is 3.25. The van der Waals surface area contributed by atoms with Crippen LogP contribution in [-0.4, -0.2) is 53.1 Å². The van der Waals surface area contributed by atoms with E-state index < -0.39 is 29.2 Å². The van der Waals surface area contributed by atoms with E-state index in [0.717, 1.165) is 17.0 Å². The smallest absolute Gasteiger partial charge is 0.270 e.